The molecule has 2 amide bonds. The summed E-state index contributed by atoms with van der Waals surface area (Å²) in [7, 11) is 1.51. The number of amidine groups is 1. The van der Waals surface area contributed by atoms with Crippen LogP contribution < -0.4 is 15.4 Å². The third-order valence-corrected chi connectivity index (χ3v) is 4.74. The van der Waals surface area contributed by atoms with Gasteiger partial charge < -0.3 is 15.4 Å². The van der Waals surface area contributed by atoms with Gasteiger partial charge in [0.2, 0.25) is 11.8 Å². The average molecular weight is 391 g/mol. The molecule has 140 valence electrons. The molecule has 1 aliphatic rings. The van der Waals surface area contributed by atoms with E-state index in [4.69, 9.17) is 4.74 Å². The fourth-order valence-corrected chi connectivity index (χ4v) is 3.37. The first kappa shape index (κ1) is 18.8. The molecule has 0 spiro atoms. The van der Waals surface area contributed by atoms with Gasteiger partial charge in [-0.3, -0.25) is 9.59 Å². The van der Waals surface area contributed by atoms with Gasteiger partial charge in [-0.25, -0.2) is 13.8 Å². The zero-order valence-corrected chi connectivity index (χ0v) is 15.0. The number of rotatable bonds is 5. The number of halogens is 2. The predicted molar refractivity (Wildman–Crippen MR) is 99.2 cm³/mol. The number of benzene rings is 2. The number of carbonyl (C=O) groups is 2. The highest BCUT2D eigenvalue weighted by Gasteiger charge is 2.32. The quantitative estimate of drug-likeness (QED) is 0.820. The molecule has 6 nitrogen and oxygen atoms in total. The zero-order chi connectivity index (χ0) is 19.4. The van der Waals surface area contributed by atoms with Gasteiger partial charge in [-0.05, 0) is 24.3 Å². The number of anilines is 1. The van der Waals surface area contributed by atoms with E-state index in [9.17, 15) is 18.4 Å². The molecular formula is C18H15F2N3O3S. The van der Waals surface area contributed by atoms with Crippen molar-refractivity contribution in [3.63, 3.8) is 0 Å². The van der Waals surface area contributed by atoms with Crippen LogP contribution in [-0.4, -0.2) is 29.3 Å². The van der Waals surface area contributed by atoms with Crippen molar-refractivity contribution in [2.45, 2.75) is 11.7 Å². The SMILES string of the molecule is COc1ccccc1N=C1NC(=O)[C@@H](CC(=O)Nc2ccc(F)cc2F)S1. The Bertz CT molecular complexity index is 920. The Morgan fingerprint density at radius 2 is 2.07 bits per heavy atom. The molecule has 9 heteroatoms. The minimum absolute atomic E-state index is 0.146. The van der Waals surface area contributed by atoms with Crippen LogP contribution in [0.25, 0.3) is 0 Å². The Balaban J connectivity index is 1.65. The molecule has 1 heterocycles. The number of thioether (sulfide) groups is 1. The Morgan fingerprint density at radius 1 is 1.30 bits per heavy atom. The number of nitrogens with zero attached hydrogens (tertiary/aromatic N) is 1. The van der Waals surface area contributed by atoms with E-state index in [-0.39, 0.29) is 18.0 Å². The van der Waals surface area contributed by atoms with Gasteiger partial charge in [-0.1, -0.05) is 23.9 Å². The summed E-state index contributed by atoms with van der Waals surface area (Å²) in [5.41, 5.74) is 0.397. The van der Waals surface area contributed by atoms with Gasteiger partial charge in [-0.15, -0.1) is 0 Å². The van der Waals surface area contributed by atoms with Gasteiger partial charge in [0.25, 0.3) is 0 Å². The van der Waals surface area contributed by atoms with Crippen LogP contribution in [0.1, 0.15) is 6.42 Å². The molecule has 1 atom stereocenters. The third-order valence-electron chi connectivity index (χ3n) is 3.66. The number of amides is 2. The van der Waals surface area contributed by atoms with E-state index in [1.807, 2.05) is 0 Å². The number of hydrogen-bond donors (Lipinski definition) is 2. The maximum atomic E-state index is 13.6. The summed E-state index contributed by atoms with van der Waals surface area (Å²) < 4.78 is 31.7. The second kappa shape index (κ2) is 8.17. The van der Waals surface area contributed by atoms with Crippen LogP contribution in [0.15, 0.2) is 47.5 Å². The normalized spacial score (nSPS) is 17.7. The number of para-hydroxylation sites is 2. The molecule has 0 radical (unpaired) electrons. The zero-order valence-electron chi connectivity index (χ0n) is 14.2. The second-order valence-corrected chi connectivity index (χ2v) is 6.75. The molecule has 1 saturated heterocycles. The first-order valence-electron chi connectivity index (χ1n) is 7.90. The van der Waals surface area contributed by atoms with Crippen molar-refractivity contribution in [1.82, 2.24) is 5.32 Å². The molecule has 0 bridgehead atoms. The van der Waals surface area contributed by atoms with Gasteiger partial charge in [0.1, 0.15) is 28.3 Å². The van der Waals surface area contributed by atoms with E-state index in [1.54, 1.807) is 24.3 Å². The van der Waals surface area contributed by atoms with E-state index < -0.39 is 22.8 Å². The lowest BCUT2D eigenvalue weighted by Gasteiger charge is -2.08. The van der Waals surface area contributed by atoms with E-state index in [1.165, 1.54) is 7.11 Å². The molecule has 2 N–H and O–H groups in total. The summed E-state index contributed by atoms with van der Waals surface area (Å²) in [4.78, 5) is 28.5. The minimum Gasteiger partial charge on any atom is -0.494 e. The summed E-state index contributed by atoms with van der Waals surface area (Å²) in [6.45, 7) is 0. The first-order chi connectivity index (χ1) is 13.0. The maximum absolute atomic E-state index is 13.6. The van der Waals surface area contributed by atoms with Crippen molar-refractivity contribution in [2.75, 3.05) is 12.4 Å². The van der Waals surface area contributed by atoms with Crippen LogP contribution >= 0.6 is 11.8 Å². The monoisotopic (exact) mass is 391 g/mol. The molecule has 1 aliphatic heterocycles. The summed E-state index contributed by atoms with van der Waals surface area (Å²) in [5.74, 6) is -2.01. The van der Waals surface area contributed by atoms with Crippen LogP contribution in [0.4, 0.5) is 20.2 Å². The van der Waals surface area contributed by atoms with Crippen LogP contribution in [0.3, 0.4) is 0 Å². The molecule has 0 aliphatic carbocycles. The van der Waals surface area contributed by atoms with Crippen LogP contribution in [0.5, 0.6) is 5.75 Å². The Morgan fingerprint density at radius 3 is 2.81 bits per heavy atom. The predicted octanol–water partition coefficient (Wildman–Crippen LogP) is 3.22. The van der Waals surface area contributed by atoms with Crippen molar-refractivity contribution in [3.05, 3.63) is 54.1 Å². The number of methoxy groups -OCH3 is 1. The topological polar surface area (TPSA) is 79.8 Å². The van der Waals surface area contributed by atoms with Crippen molar-refractivity contribution < 1.29 is 23.1 Å². The molecule has 0 aromatic heterocycles. The van der Waals surface area contributed by atoms with Crippen molar-refractivity contribution in [2.24, 2.45) is 4.99 Å². The molecule has 3 rings (SSSR count). The van der Waals surface area contributed by atoms with Gasteiger partial charge in [0, 0.05) is 12.5 Å². The summed E-state index contributed by atoms with van der Waals surface area (Å²) in [6.07, 6.45) is -0.182. The lowest BCUT2D eigenvalue weighted by molar-refractivity contribution is -0.122. The van der Waals surface area contributed by atoms with Gasteiger partial charge in [0.15, 0.2) is 5.17 Å². The van der Waals surface area contributed by atoms with Crippen LogP contribution in [-0.2, 0) is 9.59 Å². The largest absolute Gasteiger partial charge is 0.494 e. The Kier molecular flexibility index (Phi) is 5.70. The van der Waals surface area contributed by atoms with Crippen molar-refractivity contribution >= 4 is 40.1 Å². The fourth-order valence-electron chi connectivity index (χ4n) is 2.38. The standard InChI is InChI=1S/C18H15F2N3O3S/c1-26-14-5-3-2-4-13(14)22-18-23-17(25)15(27-18)9-16(24)21-12-7-6-10(19)8-11(12)20/h2-8,15H,9H2,1H3,(H,21,24)(H,22,23,25)/t15-/m1/s1. The van der Waals surface area contributed by atoms with Crippen LogP contribution in [0.2, 0.25) is 0 Å². The highest BCUT2D eigenvalue weighted by molar-refractivity contribution is 8.15. The lowest BCUT2D eigenvalue weighted by Crippen LogP contribution is -2.28. The lowest BCUT2D eigenvalue weighted by atomic mass is 10.2. The number of aliphatic imine (C=N–C) groups is 1. The van der Waals surface area contributed by atoms with E-state index >= 15 is 0 Å². The highest BCUT2D eigenvalue weighted by Crippen LogP contribution is 2.30. The summed E-state index contributed by atoms with van der Waals surface area (Å²) in [6, 6.07) is 9.88. The fraction of sp³-hybridized carbons (Fsp3) is 0.167. The average Bonchev–Trinajstić information content (AvgIpc) is 2.97. The third kappa shape index (κ3) is 4.62. The molecule has 0 unspecified atom stereocenters. The van der Waals surface area contributed by atoms with Crippen molar-refractivity contribution in [3.8, 4) is 5.75 Å². The van der Waals surface area contributed by atoms with Crippen molar-refractivity contribution in [1.29, 1.82) is 0 Å². The van der Waals surface area contributed by atoms with Gasteiger partial charge in [0.05, 0.1) is 12.8 Å². The molecule has 1 fully saturated rings. The second-order valence-electron chi connectivity index (χ2n) is 5.56. The molecule has 2 aromatic carbocycles. The number of carbonyl (C=O) groups excluding carboxylic acids is 2. The molecule has 0 saturated carbocycles. The maximum Gasteiger partial charge on any atom is 0.240 e. The van der Waals surface area contributed by atoms with Gasteiger partial charge >= 0.3 is 0 Å². The number of ether oxygens (including phenoxy) is 1. The molecule has 27 heavy (non-hydrogen) atoms. The van der Waals surface area contributed by atoms with Crippen LogP contribution in [0, 0.1) is 11.6 Å². The molecule has 2 aromatic rings. The minimum atomic E-state index is -0.884. The number of nitrogens with one attached hydrogen (secondary N) is 2. The van der Waals surface area contributed by atoms with E-state index in [0.29, 0.717) is 22.7 Å². The van der Waals surface area contributed by atoms with E-state index in [2.05, 4.69) is 15.6 Å². The van der Waals surface area contributed by atoms with E-state index in [0.717, 1.165) is 23.9 Å². The Labute approximate surface area is 158 Å². The van der Waals surface area contributed by atoms with Gasteiger partial charge in [-0.2, -0.15) is 0 Å². The first-order valence-corrected chi connectivity index (χ1v) is 8.78. The smallest absolute Gasteiger partial charge is 0.240 e. The summed E-state index contributed by atoms with van der Waals surface area (Å²) in [5, 5.41) is 4.58. The number of hydrogen-bond acceptors (Lipinski definition) is 5. The molecular weight excluding hydrogens is 376 g/mol. The summed E-state index contributed by atoms with van der Waals surface area (Å²) >= 11 is 1.10. The highest BCUT2D eigenvalue weighted by atomic mass is 32.2. The Hall–Kier alpha value is -2.94.